The number of aryl methyl sites for hydroxylation is 1. The van der Waals surface area contributed by atoms with E-state index in [9.17, 15) is 4.79 Å². The fourth-order valence-electron chi connectivity index (χ4n) is 0.940. The van der Waals surface area contributed by atoms with Crippen LogP contribution in [0.4, 0.5) is 10.5 Å². The van der Waals surface area contributed by atoms with Gasteiger partial charge in [-0.15, -0.1) is 12.4 Å². The Bertz CT molecular complexity index is 310. The lowest BCUT2D eigenvalue weighted by Gasteiger charge is -2.08. The van der Waals surface area contributed by atoms with Crippen LogP contribution in [0, 0.1) is 6.92 Å². The Kier molecular flexibility index (Phi) is 5.30. The van der Waals surface area contributed by atoms with E-state index in [4.69, 9.17) is 17.4 Å². The maximum atomic E-state index is 10.9. The van der Waals surface area contributed by atoms with Gasteiger partial charge in [0.15, 0.2) is 0 Å². The number of hydrogen-bond donors (Lipinski definition) is 3. The highest BCUT2D eigenvalue weighted by atomic mass is 35.5. The molecule has 0 saturated heterocycles. The van der Waals surface area contributed by atoms with Gasteiger partial charge in [0.05, 0.1) is 10.7 Å². The van der Waals surface area contributed by atoms with Gasteiger partial charge in [0.25, 0.3) is 0 Å². The van der Waals surface area contributed by atoms with E-state index in [1.165, 1.54) is 0 Å². The van der Waals surface area contributed by atoms with Gasteiger partial charge in [0.2, 0.25) is 0 Å². The predicted octanol–water partition coefficient (Wildman–Crippen LogP) is 2.07. The summed E-state index contributed by atoms with van der Waals surface area (Å²) in [4.78, 5) is 10.9. The SMILES string of the molecule is Cc1cccc(Cl)c1NC(=O)NN.Cl. The Morgan fingerprint density at radius 3 is 2.64 bits per heavy atom. The van der Waals surface area contributed by atoms with Crippen LogP contribution in [0.5, 0.6) is 0 Å². The number of hydrazine groups is 1. The molecule has 0 fully saturated rings. The summed E-state index contributed by atoms with van der Waals surface area (Å²) in [5, 5.41) is 3.01. The Hall–Kier alpha value is -0.970. The molecule has 0 heterocycles. The van der Waals surface area contributed by atoms with Crippen LogP contribution in [0.1, 0.15) is 5.56 Å². The summed E-state index contributed by atoms with van der Waals surface area (Å²) in [6.45, 7) is 1.85. The molecule has 1 aromatic carbocycles. The molecule has 0 radical (unpaired) electrons. The second-order valence-electron chi connectivity index (χ2n) is 2.53. The van der Waals surface area contributed by atoms with Crippen molar-refractivity contribution >= 4 is 35.7 Å². The minimum Gasteiger partial charge on any atom is -0.305 e. The number of anilines is 1. The van der Waals surface area contributed by atoms with E-state index in [2.05, 4.69) is 5.32 Å². The fourth-order valence-corrected chi connectivity index (χ4v) is 1.21. The molecule has 0 atom stereocenters. The van der Waals surface area contributed by atoms with Gasteiger partial charge in [0, 0.05) is 0 Å². The standard InChI is InChI=1S/C8H10ClN3O.ClH/c1-5-3-2-4-6(9)7(5)11-8(13)12-10;/h2-4H,10H2,1H3,(H2,11,12,13);1H. The molecule has 1 rings (SSSR count). The molecule has 0 spiro atoms. The Morgan fingerprint density at radius 2 is 2.14 bits per heavy atom. The largest absolute Gasteiger partial charge is 0.333 e. The highest BCUT2D eigenvalue weighted by Crippen LogP contribution is 2.24. The molecule has 4 N–H and O–H groups in total. The highest BCUT2D eigenvalue weighted by molar-refractivity contribution is 6.33. The number of rotatable bonds is 1. The minimum absolute atomic E-state index is 0. The van der Waals surface area contributed by atoms with E-state index >= 15 is 0 Å². The lowest BCUT2D eigenvalue weighted by molar-refractivity contribution is 0.252. The first-order chi connectivity index (χ1) is 6.15. The number of benzene rings is 1. The van der Waals surface area contributed by atoms with Gasteiger partial charge in [0.1, 0.15) is 0 Å². The Balaban J connectivity index is 0.00000169. The normalized spacial score (nSPS) is 8.79. The van der Waals surface area contributed by atoms with Gasteiger partial charge in [-0.05, 0) is 18.6 Å². The number of nitrogens with one attached hydrogen (secondary N) is 2. The lowest BCUT2D eigenvalue weighted by Crippen LogP contribution is -2.34. The molecular formula is C8H11Cl2N3O. The molecule has 78 valence electrons. The number of halogens is 2. The van der Waals surface area contributed by atoms with Crippen molar-refractivity contribution < 1.29 is 4.79 Å². The van der Waals surface area contributed by atoms with Crippen molar-refractivity contribution in [1.82, 2.24) is 5.43 Å². The number of hydrogen-bond acceptors (Lipinski definition) is 2. The van der Waals surface area contributed by atoms with Crippen LogP contribution in [-0.2, 0) is 0 Å². The molecule has 0 bridgehead atoms. The van der Waals surface area contributed by atoms with E-state index in [1.807, 2.05) is 24.5 Å². The second-order valence-corrected chi connectivity index (χ2v) is 2.94. The third-order valence-corrected chi connectivity index (χ3v) is 1.91. The van der Waals surface area contributed by atoms with Crippen molar-refractivity contribution in [2.45, 2.75) is 6.92 Å². The number of carbonyl (C=O) groups excluding carboxylic acids is 1. The summed E-state index contributed by atoms with van der Waals surface area (Å²) in [6.07, 6.45) is 0. The molecule has 0 aliphatic heterocycles. The first kappa shape index (κ1) is 13.0. The average molecular weight is 236 g/mol. The van der Waals surface area contributed by atoms with Crippen molar-refractivity contribution in [3.63, 3.8) is 0 Å². The van der Waals surface area contributed by atoms with Crippen molar-refractivity contribution in [1.29, 1.82) is 0 Å². The lowest BCUT2D eigenvalue weighted by atomic mass is 10.2. The molecule has 4 nitrogen and oxygen atoms in total. The first-order valence-corrected chi connectivity index (χ1v) is 4.05. The summed E-state index contributed by atoms with van der Waals surface area (Å²) in [5.41, 5.74) is 3.42. The topological polar surface area (TPSA) is 67.2 Å². The van der Waals surface area contributed by atoms with Crippen LogP contribution in [0.2, 0.25) is 5.02 Å². The molecule has 0 aromatic heterocycles. The summed E-state index contributed by atoms with van der Waals surface area (Å²) in [7, 11) is 0. The van der Waals surface area contributed by atoms with E-state index in [0.717, 1.165) is 5.56 Å². The summed E-state index contributed by atoms with van der Waals surface area (Å²) >= 11 is 5.85. The molecular weight excluding hydrogens is 225 g/mol. The molecule has 0 aliphatic rings. The number of para-hydroxylation sites is 1. The van der Waals surface area contributed by atoms with Gasteiger partial charge in [-0.3, -0.25) is 5.43 Å². The van der Waals surface area contributed by atoms with Gasteiger partial charge in [-0.2, -0.15) is 0 Å². The molecule has 0 unspecified atom stereocenters. The molecule has 0 saturated carbocycles. The average Bonchev–Trinajstić information content (AvgIpc) is 2.11. The predicted molar refractivity (Wildman–Crippen MR) is 59.8 cm³/mol. The maximum absolute atomic E-state index is 10.9. The van der Waals surface area contributed by atoms with Gasteiger partial charge in [-0.25, -0.2) is 10.6 Å². The van der Waals surface area contributed by atoms with Crippen molar-refractivity contribution in [2.24, 2.45) is 5.84 Å². The number of amides is 2. The zero-order valence-corrected chi connectivity index (χ0v) is 9.08. The summed E-state index contributed by atoms with van der Waals surface area (Å²) in [6, 6.07) is 4.86. The number of carbonyl (C=O) groups is 1. The van der Waals surface area contributed by atoms with Gasteiger partial charge in [-0.1, -0.05) is 23.7 Å². The first-order valence-electron chi connectivity index (χ1n) is 3.68. The van der Waals surface area contributed by atoms with Crippen molar-refractivity contribution in [2.75, 3.05) is 5.32 Å². The van der Waals surface area contributed by atoms with Crippen LogP contribution < -0.4 is 16.6 Å². The highest BCUT2D eigenvalue weighted by Gasteiger charge is 2.05. The Labute approximate surface area is 93.2 Å². The second kappa shape index (κ2) is 5.70. The molecule has 14 heavy (non-hydrogen) atoms. The quantitative estimate of drug-likeness (QED) is 0.397. The van der Waals surface area contributed by atoms with Crippen molar-refractivity contribution in [3.05, 3.63) is 28.8 Å². The zero-order valence-electron chi connectivity index (χ0n) is 7.50. The van der Waals surface area contributed by atoms with E-state index in [-0.39, 0.29) is 12.4 Å². The number of nitrogens with two attached hydrogens (primary N) is 1. The molecule has 2 amide bonds. The third-order valence-electron chi connectivity index (χ3n) is 1.59. The summed E-state index contributed by atoms with van der Waals surface area (Å²) < 4.78 is 0. The van der Waals surface area contributed by atoms with Crippen LogP contribution in [0.3, 0.4) is 0 Å². The molecule has 1 aromatic rings. The van der Waals surface area contributed by atoms with Crippen LogP contribution in [-0.4, -0.2) is 6.03 Å². The maximum Gasteiger partial charge on any atom is 0.333 e. The molecule has 6 heteroatoms. The van der Waals surface area contributed by atoms with Crippen LogP contribution >= 0.6 is 24.0 Å². The van der Waals surface area contributed by atoms with Gasteiger partial charge >= 0.3 is 6.03 Å². The van der Waals surface area contributed by atoms with E-state index in [0.29, 0.717) is 10.7 Å². The van der Waals surface area contributed by atoms with Crippen LogP contribution in [0.25, 0.3) is 0 Å². The van der Waals surface area contributed by atoms with E-state index < -0.39 is 6.03 Å². The minimum atomic E-state index is -0.490. The molecule has 0 aliphatic carbocycles. The van der Waals surface area contributed by atoms with Gasteiger partial charge < -0.3 is 5.32 Å². The van der Waals surface area contributed by atoms with Crippen molar-refractivity contribution in [3.8, 4) is 0 Å². The number of urea groups is 1. The zero-order chi connectivity index (χ0) is 9.84. The Morgan fingerprint density at radius 1 is 1.50 bits per heavy atom. The monoisotopic (exact) mass is 235 g/mol. The smallest absolute Gasteiger partial charge is 0.305 e. The van der Waals surface area contributed by atoms with Crippen LogP contribution in [0.15, 0.2) is 18.2 Å². The van der Waals surface area contributed by atoms with E-state index in [1.54, 1.807) is 6.07 Å². The summed E-state index contributed by atoms with van der Waals surface area (Å²) in [5.74, 6) is 4.91. The fraction of sp³-hybridized carbons (Fsp3) is 0.125. The third kappa shape index (κ3) is 3.06.